The van der Waals surface area contributed by atoms with Crippen molar-refractivity contribution in [3.05, 3.63) is 24.6 Å². The molecular formula is C6H6N2OS. The molecule has 0 N–H and O–H groups in total. The van der Waals surface area contributed by atoms with Gasteiger partial charge >= 0.3 is 0 Å². The Hall–Kier alpha value is -1.03. The fraction of sp³-hybridized carbons (Fsp3) is 0. The van der Waals surface area contributed by atoms with Gasteiger partial charge in [0.25, 0.3) is 5.24 Å². The highest BCUT2D eigenvalue weighted by Crippen LogP contribution is 1.97. The van der Waals surface area contributed by atoms with E-state index in [-0.39, 0.29) is 5.24 Å². The summed E-state index contributed by atoms with van der Waals surface area (Å²) in [7, 11) is 0. The van der Waals surface area contributed by atoms with E-state index in [9.17, 15) is 4.79 Å². The number of rotatable bonds is 0. The lowest BCUT2D eigenvalue weighted by atomic mass is 10.6. The summed E-state index contributed by atoms with van der Waals surface area (Å²) in [5, 5.41) is -0.344. The first-order valence-corrected chi connectivity index (χ1v) is 3.13. The van der Waals surface area contributed by atoms with E-state index < -0.39 is 0 Å². The first kappa shape index (κ1) is 7.08. The first-order valence-electron chi connectivity index (χ1n) is 2.68. The standard InChI is InChI=1S/C6H6N2OS/c9-6(10)8-4-2-1-3-7-5-8/h1-5H,(H,9,10). The number of hydrogen-bond acceptors (Lipinski definition) is 2. The number of amides is 1. The Morgan fingerprint density at radius 2 is 2.30 bits per heavy atom. The number of thiol groups is 1. The van der Waals surface area contributed by atoms with Crippen molar-refractivity contribution in [2.24, 2.45) is 4.99 Å². The maximum absolute atomic E-state index is 10.6. The second-order valence-electron chi connectivity index (χ2n) is 1.64. The zero-order valence-corrected chi connectivity index (χ0v) is 6.03. The molecule has 1 aliphatic rings. The second kappa shape index (κ2) is 3.22. The molecule has 0 aromatic rings. The molecule has 0 unspecified atom stereocenters. The van der Waals surface area contributed by atoms with E-state index in [1.54, 1.807) is 24.6 Å². The van der Waals surface area contributed by atoms with Crippen LogP contribution in [0.1, 0.15) is 0 Å². The topological polar surface area (TPSA) is 32.7 Å². The molecule has 0 atom stereocenters. The predicted octanol–water partition coefficient (Wildman–Crippen LogP) is 1.41. The van der Waals surface area contributed by atoms with E-state index in [0.717, 1.165) is 0 Å². The predicted molar refractivity (Wildman–Crippen MR) is 43.0 cm³/mol. The summed E-state index contributed by atoms with van der Waals surface area (Å²) in [4.78, 5) is 15.6. The molecule has 0 bridgehead atoms. The average Bonchev–Trinajstić information content (AvgIpc) is 2.12. The Labute approximate surface area is 64.2 Å². The SMILES string of the molecule is O=C(S)N1C=CC=CN=C1. The van der Waals surface area contributed by atoms with Crippen LogP contribution in [-0.2, 0) is 0 Å². The third-order valence-corrected chi connectivity index (χ3v) is 1.17. The Morgan fingerprint density at radius 1 is 1.50 bits per heavy atom. The first-order chi connectivity index (χ1) is 4.80. The summed E-state index contributed by atoms with van der Waals surface area (Å²) in [5.41, 5.74) is 0. The van der Waals surface area contributed by atoms with Crippen LogP contribution in [0.5, 0.6) is 0 Å². The summed E-state index contributed by atoms with van der Waals surface area (Å²) in [6.07, 6.45) is 8.01. The van der Waals surface area contributed by atoms with Crippen LogP contribution in [0.15, 0.2) is 29.5 Å². The van der Waals surface area contributed by atoms with Crippen LogP contribution < -0.4 is 0 Å². The molecule has 4 heteroatoms. The van der Waals surface area contributed by atoms with Crippen LogP contribution in [0, 0.1) is 0 Å². The van der Waals surface area contributed by atoms with Crippen LogP contribution in [0.2, 0.25) is 0 Å². The lowest BCUT2D eigenvalue weighted by molar-refractivity contribution is 0.253. The van der Waals surface area contributed by atoms with Gasteiger partial charge in [-0.15, -0.1) is 0 Å². The summed E-state index contributed by atoms with van der Waals surface area (Å²) in [5.74, 6) is 0. The maximum atomic E-state index is 10.6. The summed E-state index contributed by atoms with van der Waals surface area (Å²) in [6, 6.07) is 0. The molecule has 0 fully saturated rings. The fourth-order valence-corrected chi connectivity index (χ4v) is 0.622. The minimum Gasteiger partial charge on any atom is -0.269 e. The lowest BCUT2D eigenvalue weighted by Gasteiger charge is -2.04. The molecule has 0 saturated carbocycles. The molecule has 1 amide bonds. The highest BCUT2D eigenvalue weighted by atomic mass is 32.1. The van der Waals surface area contributed by atoms with E-state index in [0.29, 0.717) is 0 Å². The van der Waals surface area contributed by atoms with Crippen molar-refractivity contribution in [1.82, 2.24) is 4.90 Å². The van der Waals surface area contributed by atoms with Crippen LogP contribution in [0.3, 0.4) is 0 Å². The number of aliphatic imine (C=N–C) groups is 1. The van der Waals surface area contributed by atoms with Crippen LogP contribution >= 0.6 is 12.6 Å². The number of allylic oxidation sites excluding steroid dienone is 2. The van der Waals surface area contributed by atoms with Gasteiger partial charge in [-0.2, -0.15) is 0 Å². The van der Waals surface area contributed by atoms with E-state index in [1.165, 1.54) is 11.2 Å². The Balaban J connectivity index is 2.72. The van der Waals surface area contributed by atoms with Crippen molar-refractivity contribution in [3.63, 3.8) is 0 Å². The fourth-order valence-electron chi connectivity index (χ4n) is 0.504. The Morgan fingerprint density at radius 3 is 3.00 bits per heavy atom. The molecule has 0 saturated heterocycles. The highest BCUT2D eigenvalue weighted by molar-refractivity contribution is 7.96. The molecule has 1 heterocycles. The van der Waals surface area contributed by atoms with Crippen molar-refractivity contribution in [3.8, 4) is 0 Å². The number of carbonyl (C=O) groups excluding carboxylic acids is 1. The molecule has 0 radical (unpaired) electrons. The van der Waals surface area contributed by atoms with Gasteiger partial charge in [-0.05, 0) is 12.2 Å². The molecule has 3 nitrogen and oxygen atoms in total. The Bertz CT molecular complexity index is 204. The summed E-state index contributed by atoms with van der Waals surface area (Å²) >= 11 is 3.61. The van der Waals surface area contributed by atoms with Gasteiger partial charge in [-0.3, -0.25) is 9.69 Å². The van der Waals surface area contributed by atoms with Crippen molar-refractivity contribution < 1.29 is 4.79 Å². The lowest BCUT2D eigenvalue weighted by Crippen LogP contribution is -2.16. The third kappa shape index (κ3) is 1.73. The monoisotopic (exact) mass is 154 g/mol. The molecule has 0 aromatic carbocycles. The Kier molecular flexibility index (Phi) is 2.28. The van der Waals surface area contributed by atoms with Gasteiger partial charge in [0, 0.05) is 12.4 Å². The minimum atomic E-state index is -0.344. The van der Waals surface area contributed by atoms with E-state index in [4.69, 9.17) is 0 Å². The second-order valence-corrected chi connectivity index (χ2v) is 2.02. The van der Waals surface area contributed by atoms with Gasteiger partial charge in [0.05, 0.1) is 0 Å². The molecular weight excluding hydrogens is 148 g/mol. The number of carbonyl (C=O) groups is 1. The van der Waals surface area contributed by atoms with Gasteiger partial charge < -0.3 is 0 Å². The van der Waals surface area contributed by atoms with Crippen molar-refractivity contribution >= 4 is 24.2 Å². The third-order valence-electron chi connectivity index (χ3n) is 0.942. The van der Waals surface area contributed by atoms with Crippen molar-refractivity contribution in [1.29, 1.82) is 0 Å². The molecule has 1 rings (SSSR count). The molecule has 1 aliphatic heterocycles. The van der Waals surface area contributed by atoms with Crippen molar-refractivity contribution in [2.45, 2.75) is 0 Å². The van der Waals surface area contributed by atoms with Crippen LogP contribution in [-0.4, -0.2) is 16.5 Å². The van der Waals surface area contributed by atoms with Gasteiger partial charge in [-0.1, -0.05) is 12.6 Å². The zero-order valence-electron chi connectivity index (χ0n) is 5.14. The quantitative estimate of drug-likeness (QED) is 0.526. The van der Waals surface area contributed by atoms with Crippen molar-refractivity contribution in [2.75, 3.05) is 0 Å². The van der Waals surface area contributed by atoms with E-state index in [1.807, 2.05) is 0 Å². The zero-order chi connectivity index (χ0) is 7.40. The van der Waals surface area contributed by atoms with E-state index in [2.05, 4.69) is 17.6 Å². The molecule has 10 heavy (non-hydrogen) atoms. The van der Waals surface area contributed by atoms with Crippen LogP contribution in [0.4, 0.5) is 4.79 Å². The molecule has 0 spiro atoms. The minimum absolute atomic E-state index is 0.344. The molecule has 0 aromatic heterocycles. The van der Waals surface area contributed by atoms with Gasteiger partial charge in [0.1, 0.15) is 6.34 Å². The maximum Gasteiger partial charge on any atom is 0.287 e. The number of nitrogens with zero attached hydrogens (tertiary/aromatic N) is 2. The molecule has 52 valence electrons. The summed E-state index contributed by atoms with van der Waals surface area (Å²) in [6.45, 7) is 0. The highest BCUT2D eigenvalue weighted by Gasteiger charge is 2.00. The summed E-state index contributed by atoms with van der Waals surface area (Å²) < 4.78 is 0. The van der Waals surface area contributed by atoms with Crippen LogP contribution in [0.25, 0.3) is 0 Å². The normalized spacial score (nSPS) is 15.5. The molecule has 0 aliphatic carbocycles. The van der Waals surface area contributed by atoms with Gasteiger partial charge in [-0.25, -0.2) is 4.99 Å². The smallest absolute Gasteiger partial charge is 0.269 e. The van der Waals surface area contributed by atoms with Gasteiger partial charge in [0.2, 0.25) is 0 Å². The number of hydrogen-bond donors (Lipinski definition) is 1. The van der Waals surface area contributed by atoms with Gasteiger partial charge in [0.15, 0.2) is 0 Å². The largest absolute Gasteiger partial charge is 0.287 e. The van der Waals surface area contributed by atoms with E-state index >= 15 is 0 Å². The average molecular weight is 154 g/mol.